The van der Waals surface area contributed by atoms with Crippen LogP contribution in [0.25, 0.3) is 0 Å². The number of esters is 2. The monoisotopic (exact) mass is 972 g/mol. The zero-order chi connectivity index (χ0) is 50.6. The number of carbonyl (C=O) groups is 3. The third kappa shape index (κ3) is 52.9. The summed E-state index contributed by atoms with van der Waals surface area (Å²) in [6.45, 7) is 4.71. The molecule has 0 bridgehead atoms. The second kappa shape index (κ2) is 51.6. The van der Waals surface area contributed by atoms with Gasteiger partial charge in [0.25, 0.3) is 0 Å². The highest BCUT2D eigenvalue weighted by Crippen LogP contribution is 2.16. The molecule has 0 aromatic heterocycles. The molecule has 2 unspecified atom stereocenters. The molecule has 402 valence electrons. The van der Waals surface area contributed by atoms with Crippen LogP contribution in [0.3, 0.4) is 0 Å². The van der Waals surface area contributed by atoms with Gasteiger partial charge in [0.05, 0.1) is 40.3 Å². The molecule has 2 atom stereocenters. The number of hydrogen-bond acceptors (Lipinski definition) is 8. The maximum absolute atomic E-state index is 12.8. The summed E-state index contributed by atoms with van der Waals surface area (Å²) in [4.78, 5) is 37.2. The van der Waals surface area contributed by atoms with Crippen molar-refractivity contribution in [3.8, 4) is 0 Å². The maximum atomic E-state index is 12.8. The second-order valence-corrected chi connectivity index (χ2v) is 20.6. The summed E-state index contributed by atoms with van der Waals surface area (Å²) >= 11 is 0. The predicted octanol–water partition coefficient (Wildman–Crippen LogP) is 15.3. The average Bonchev–Trinajstić information content (AvgIpc) is 3.31. The van der Waals surface area contributed by atoms with Crippen LogP contribution < -0.4 is 5.11 Å². The fraction of sp³-hybridized carbons (Fsp3) is 0.817. The third-order valence-electron chi connectivity index (χ3n) is 12.5. The van der Waals surface area contributed by atoms with E-state index in [9.17, 15) is 19.5 Å². The number of hydrogen-bond donors (Lipinski definition) is 0. The Kier molecular flexibility index (Phi) is 49.5. The third-order valence-corrected chi connectivity index (χ3v) is 12.5. The second-order valence-electron chi connectivity index (χ2n) is 20.6. The number of ether oxygens (including phenoxy) is 4. The van der Waals surface area contributed by atoms with E-state index in [1.54, 1.807) is 0 Å². The molecule has 9 nitrogen and oxygen atoms in total. The van der Waals surface area contributed by atoms with Gasteiger partial charge in [-0.05, 0) is 77.0 Å². The number of carbonyl (C=O) groups excluding carboxylic acids is 3. The fourth-order valence-electron chi connectivity index (χ4n) is 8.07. The number of aliphatic carboxylic acids is 1. The number of likely N-dealkylation sites (N-methyl/N-ethyl adjacent to an activating group) is 1. The van der Waals surface area contributed by atoms with Crippen LogP contribution >= 0.6 is 0 Å². The van der Waals surface area contributed by atoms with Gasteiger partial charge in [-0.2, -0.15) is 0 Å². The Bertz CT molecular complexity index is 1270. The van der Waals surface area contributed by atoms with Gasteiger partial charge in [0.2, 0.25) is 0 Å². The van der Waals surface area contributed by atoms with Crippen molar-refractivity contribution in [3.63, 3.8) is 0 Å². The number of rotatable bonds is 53. The molecule has 0 aromatic rings. The van der Waals surface area contributed by atoms with Crippen LogP contribution in [0.1, 0.15) is 258 Å². The lowest BCUT2D eigenvalue weighted by atomic mass is 10.0. The predicted molar refractivity (Wildman–Crippen MR) is 288 cm³/mol. The normalized spacial score (nSPS) is 13.1. The van der Waals surface area contributed by atoms with Gasteiger partial charge in [0.1, 0.15) is 13.2 Å². The minimum atomic E-state index is -1.62. The topological polar surface area (TPSA) is 111 Å². The number of unbranched alkanes of at least 4 members (excludes halogenated alkanes) is 30. The van der Waals surface area contributed by atoms with Gasteiger partial charge in [-0.15, -0.1) is 0 Å². The molecule has 0 aliphatic heterocycles. The molecule has 0 aliphatic rings. The largest absolute Gasteiger partial charge is 0.545 e. The molecule has 0 rings (SSSR count). The van der Waals surface area contributed by atoms with Crippen molar-refractivity contribution in [3.05, 3.63) is 48.6 Å². The van der Waals surface area contributed by atoms with Gasteiger partial charge in [0.15, 0.2) is 12.4 Å². The van der Waals surface area contributed by atoms with Crippen molar-refractivity contribution in [1.29, 1.82) is 0 Å². The van der Waals surface area contributed by atoms with Crippen molar-refractivity contribution < 1.29 is 42.9 Å². The van der Waals surface area contributed by atoms with E-state index in [0.717, 1.165) is 64.2 Å². The molecule has 0 radical (unpaired) electrons. The van der Waals surface area contributed by atoms with Crippen molar-refractivity contribution in [2.45, 2.75) is 270 Å². The first-order valence-electron chi connectivity index (χ1n) is 28.8. The number of quaternary nitrogens is 1. The minimum absolute atomic E-state index is 0.145. The van der Waals surface area contributed by atoms with Crippen LogP contribution in [-0.4, -0.2) is 82.3 Å². The van der Waals surface area contributed by atoms with Gasteiger partial charge < -0.3 is 33.3 Å². The Morgan fingerprint density at radius 1 is 0.435 bits per heavy atom. The molecular weight excluding hydrogens is 863 g/mol. The quantitative estimate of drug-likeness (QED) is 0.0195. The van der Waals surface area contributed by atoms with Crippen molar-refractivity contribution in [1.82, 2.24) is 0 Å². The van der Waals surface area contributed by atoms with Crippen LogP contribution in [0.15, 0.2) is 48.6 Å². The number of carboxylic acids is 1. The van der Waals surface area contributed by atoms with E-state index in [1.807, 2.05) is 21.1 Å². The van der Waals surface area contributed by atoms with E-state index in [-0.39, 0.29) is 38.6 Å². The van der Waals surface area contributed by atoms with Crippen LogP contribution in [0.5, 0.6) is 0 Å². The van der Waals surface area contributed by atoms with Gasteiger partial charge in [-0.3, -0.25) is 9.59 Å². The highest BCUT2D eigenvalue weighted by atomic mass is 16.7. The van der Waals surface area contributed by atoms with Gasteiger partial charge >= 0.3 is 11.9 Å². The summed E-state index contributed by atoms with van der Waals surface area (Å²) in [7, 11) is 5.92. The molecule has 0 N–H and O–H groups in total. The molecule has 0 aromatic carbocycles. The fourth-order valence-corrected chi connectivity index (χ4v) is 8.07. The molecule has 0 aliphatic carbocycles. The molecule has 9 heteroatoms. The lowest BCUT2D eigenvalue weighted by Gasteiger charge is -2.26. The first-order valence-corrected chi connectivity index (χ1v) is 28.8. The van der Waals surface area contributed by atoms with E-state index in [4.69, 9.17) is 18.9 Å². The first-order chi connectivity index (χ1) is 33.6. The Morgan fingerprint density at radius 3 is 1.17 bits per heavy atom. The lowest BCUT2D eigenvalue weighted by molar-refractivity contribution is -0.870. The smallest absolute Gasteiger partial charge is 0.306 e. The summed E-state index contributed by atoms with van der Waals surface area (Å²) in [5.41, 5.74) is 0. The van der Waals surface area contributed by atoms with E-state index in [2.05, 4.69) is 62.5 Å². The Labute approximate surface area is 425 Å². The lowest BCUT2D eigenvalue weighted by Crippen LogP contribution is -2.44. The zero-order valence-corrected chi connectivity index (χ0v) is 45.7. The molecule has 69 heavy (non-hydrogen) atoms. The van der Waals surface area contributed by atoms with Gasteiger partial charge in [-0.25, -0.2) is 0 Å². The Hall–Kier alpha value is -2.75. The SMILES string of the molecule is CCCCC/C=C\C/C=C\CCCCCCCC(=O)OCC(COC(OCC[N+](C)(C)C)C(=O)[O-])OC(=O)CCCCCCCCCCCCCCCCCCC/C=C\C/C=C\CCCCCCC. The van der Waals surface area contributed by atoms with E-state index < -0.39 is 24.3 Å². The first kappa shape index (κ1) is 66.2. The van der Waals surface area contributed by atoms with Crippen LogP contribution in [-0.2, 0) is 33.3 Å². The standard InChI is InChI=1S/C60H109NO8/c1-6-8-10-12-14-16-18-20-22-23-24-25-26-27-28-29-30-31-32-33-34-35-37-39-41-43-45-47-49-51-58(63)69-56(55-68-60(59(64)65)66-53-52-61(3,4)5)54-67-57(62)50-48-46-44-42-40-38-36-21-19-17-15-13-11-9-7-2/h15,17-18,20-21,23-24,36,56,60H,6-14,16,19,22,25-35,37-55H2,1-5H3/b17-15-,20-18-,24-23-,36-21-. The summed E-state index contributed by atoms with van der Waals surface area (Å²) in [6.07, 6.45) is 60.2. The van der Waals surface area contributed by atoms with Gasteiger partial charge in [0, 0.05) is 12.8 Å². The Morgan fingerprint density at radius 2 is 0.783 bits per heavy atom. The summed E-state index contributed by atoms with van der Waals surface area (Å²) < 4.78 is 22.7. The van der Waals surface area contributed by atoms with E-state index in [0.29, 0.717) is 17.4 Å². The molecule has 0 saturated heterocycles. The molecular formula is C60H109NO8. The van der Waals surface area contributed by atoms with Crippen molar-refractivity contribution in [2.75, 3.05) is 47.5 Å². The van der Waals surface area contributed by atoms with E-state index >= 15 is 0 Å². The molecule has 0 amide bonds. The van der Waals surface area contributed by atoms with Crippen LogP contribution in [0.4, 0.5) is 0 Å². The zero-order valence-electron chi connectivity index (χ0n) is 45.7. The number of nitrogens with zero attached hydrogens (tertiary/aromatic N) is 1. The summed E-state index contributed by atoms with van der Waals surface area (Å²) in [5, 5.41) is 11.8. The van der Waals surface area contributed by atoms with Crippen molar-refractivity contribution in [2.24, 2.45) is 0 Å². The summed E-state index contributed by atoms with van der Waals surface area (Å²) in [5.74, 6) is -2.29. The number of carboxylic acid groups (broad SMARTS) is 1. The Balaban J connectivity index is 4.17. The van der Waals surface area contributed by atoms with Crippen LogP contribution in [0, 0.1) is 0 Å². The molecule has 0 fully saturated rings. The maximum Gasteiger partial charge on any atom is 0.306 e. The highest BCUT2D eigenvalue weighted by molar-refractivity contribution is 5.70. The minimum Gasteiger partial charge on any atom is -0.545 e. The summed E-state index contributed by atoms with van der Waals surface area (Å²) in [6, 6.07) is 0. The van der Waals surface area contributed by atoms with Gasteiger partial charge in [-0.1, -0.05) is 217 Å². The highest BCUT2D eigenvalue weighted by Gasteiger charge is 2.22. The molecule has 0 spiro atoms. The number of allylic oxidation sites excluding steroid dienone is 8. The van der Waals surface area contributed by atoms with Crippen molar-refractivity contribution >= 4 is 17.9 Å². The average molecular weight is 973 g/mol. The van der Waals surface area contributed by atoms with Crippen LogP contribution in [0.2, 0.25) is 0 Å². The molecule has 0 saturated carbocycles. The van der Waals surface area contributed by atoms with E-state index in [1.165, 1.54) is 161 Å². The molecule has 0 heterocycles.